The molecule has 4 rings (SSSR count). The molecule has 0 saturated carbocycles. The molecule has 4 N–H and O–H groups in total. The highest BCUT2D eigenvalue weighted by Gasteiger charge is 2.44. The standard InChI is InChI=1S/C18H20ClN5O4/c1-9(10-2-4-11(19)5-3-10)23-16-13-17(21-7-20-16)24(8-22-13)18-15(27)14(26)12(6-25)28-18/h2-5,7-9,12,14-15,18,25-27H,6H2,1H3,(H,20,21,23)/t9-,12+,14+,15+,18+/m0/s1. The number of rotatable bonds is 5. The number of benzene rings is 1. The largest absolute Gasteiger partial charge is 0.394 e. The lowest BCUT2D eigenvalue weighted by atomic mass is 10.1. The maximum atomic E-state index is 10.3. The zero-order valence-electron chi connectivity index (χ0n) is 15.0. The van der Waals surface area contributed by atoms with E-state index in [0.717, 1.165) is 5.56 Å². The molecule has 28 heavy (non-hydrogen) atoms. The number of nitrogens with zero attached hydrogens (tertiary/aromatic N) is 4. The van der Waals surface area contributed by atoms with Gasteiger partial charge in [-0.15, -0.1) is 0 Å². The maximum absolute atomic E-state index is 10.3. The minimum atomic E-state index is -1.21. The predicted octanol–water partition coefficient (Wildman–Crippen LogP) is 1.26. The first kappa shape index (κ1) is 19.0. The van der Waals surface area contributed by atoms with Crippen molar-refractivity contribution in [1.29, 1.82) is 0 Å². The van der Waals surface area contributed by atoms with Gasteiger partial charge < -0.3 is 25.4 Å². The van der Waals surface area contributed by atoms with E-state index in [1.165, 1.54) is 17.2 Å². The number of nitrogens with one attached hydrogen (secondary N) is 1. The van der Waals surface area contributed by atoms with Gasteiger partial charge in [0, 0.05) is 5.02 Å². The molecule has 1 fully saturated rings. The van der Waals surface area contributed by atoms with E-state index in [4.69, 9.17) is 16.3 Å². The molecule has 0 unspecified atom stereocenters. The fourth-order valence-corrected chi connectivity index (χ4v) is 3.42. The summed E-state index contributed by atoms with van der Waals surface area (Å²) in [6.07, 6.45) is -1.34. The van der Waals surface area contributed by atoms with E-state index in [2.05, 4.69) is 20.3 Å². The van der Waals surface area contributed by atoms with Crippen molar-refractivity contribution in [3.63, 3.8) is 0 Å². The van der Waals surface area contributed by atoms with Gasteiger partial charge in [0.05, 0.1) is 19.0 Å². The first-order valence-corrected chi connectivity index (χ1v) is 9.19. The summed E-state index contributed by atoms with van der Waals surface area (Å²) in [5.41, 5.74) is 1.97. The molecule has 1 aliphatic rings. The van der Waals surface area contributed by atoms with Crippen LogP contribution in [0.1, 0.15) is 24.8 Å². The summed E-state index contributed by atoms with van der Waals surface area (Å²) in [6.45, 7) is 1.59. The third kappa shape index (κ3) is 3.31. The van der Waals surface area contributed by atoms with Crippen LogP contribution in [-0.2, 0) is 4.74 Å². The maximum Gasteiger partial charge on any atom is 0.167 e. The number of ether oxygens (including phenoxy) is 1. The van der Waals surface area contributed by atoms with Gasteiger partial charge in [-0.2, -0.15) is 0 Å². The van der Waals surface area contributed by atoms with Crippen molar-refractivity contribution in [2.75, 3.05) is 11.9 Å². The molecule has 9 nitrogen and oxygen atoms in total. The topological polar surface area (TPSA) is 126 Å². The Balaban J connectivity index is 1.63. The van der Waals surface area contributed by atoms with Crippen LogP contribution in [0.5, 0.6) is 0 Å². The second kappa shape index (κ2) is 7.61. The van der Waals surface area contributed by atoms with Crippen molar-refractivity contribution in [3.8, 4) is 0 Å². The van der Waals surface area contributed by atoms with Crippen LogP contribution < -0.4 is 5.32 Å². The van der Waals surface area contributed by atoms with E-state index in [0.29, 0.717) is 22.0 Å². The molecule has 148 valence electrons. The summed E-state index contributed by atoms with van der Waals surface area (Å²) >= 11 is 5.94. The van der Waals surface area contributed by atoms with Crippen LogP contribution >= 0.6 is 11.6 Å². The molecule has 2 aromatic heterocycles. The van der Waals surface area contributed by atoms with Gasteiger partial charge in [-0.25, -0.2) is 15.0 Å². The molecular formula is C18H20ClN5O4. The second-order valence-corrected chi connectivity index (χ2v) is 7.13. The van der Waals surface area contributed by atoms with E-state index in [1.807, 2.05) is 31.2 Å². The zero-order valence-corrected chi connectivity index (χ0v) is 15.7. The summed E-state index contributed by atoms with van der Waals surface area (Å²) in [7, 11) is 0. The predicted molar refractivity (Wildman–Crippen MR) is 102 cm³/mol. The van der Waals surface area contributed by atoms with Crippen LogP contribution in [0.4, 0.5) is 5.82 Å². The highest BCUT2D eigenvalue weighted by atomic mass is 35.5. The molecule has 3 aromatic rings. The Hall–Kier alpha value is -2.30. The van der Waals surface area contributed by atoms with E-state index in [9.17, 15) is 15.3 Å². The smallest absolute Gasteiger partial charge is 0.167 e. The minimum absolute atomic E-state index is 0.0607. The van der Waals surface area contributed by atoms with Gasteiger partial charge >= 0.3 is 0 Å². The van der Waals surface area contributed by atoms with Crippen LogP contribution in [-0.4, -0.2) is 59.8 Å². The number of aromatic nitrogens is 4. The zero-order chi connectivity index (χ0) is 19.8. The van der Waals surface area contributed by atoms with Crippen molar-refractivity contribution >= 4 is 28.6 Å². The number of hydrogen-bond acceptors (Lipinski definition) is 8. The first-order valence-electron chi connectivity index (χ1n) is 8.81. The molecule has 1 aliphatic heterocycles. The summed E-state index contributed by atoms with van der Waals surface area (Å²) in [4.78, 5) is 12.9. The monoisotopic (exact) mass is 405 g/mol. The van der Waals surface area contributed by atoms with Crippen LogP contribution in [0.15, 0.2) is 36.9 Å². The lowest BCUT2D eigenvalue weighted by molar-refractivity contribution is -0.0511. The van der Waals surface area contributed by atoms with Crippen LogP contribution in [0.2, 0.25) is 5.02 Å². The van der Waals surface area contributed by atoms with Gasteiger partial charge in [0.2, 0.25) is 0 Å². The quantitative estimate of drug-likeness (QED) is 0.500. The number of halogens is 1. The Bertz CT molecular complexity index is 966. The molecule has 0 amide bonds. The Morgan fingerprint density at radius 1 is 1.18 bits per heavy atom. The molecule has 5 atom stereocenters. The highest BCUT2D eigenvalue weighted by molar-refractivity contribution is 6.30. The molecule has 1 aromatic carbocycles. The summed E-state index contributed by atoms with van der Waals surface area (Å²) in [5.74, 6) is 0.526. The molecule has 0 spiro atoms. The molecule has 0 bridgehead atoms. The Kier molecular flexibility index (Phi) is 5.17. The third-order valence-corrected chi connectivity index (χ3v) is 5.13. The Labute approximate surface area is 165 Å². The van der Waals surface area contributed by atoms with Crippen molar-refractivity contribution in [3.05, 3.63) is 47.5 Å². The van der Waals surface area contributed by atoms with Gasteiger partial charge in [-0.05, 0) is 24.6 Å². The summed E-state index contributed by atoms with van der Waals surface area (Å²) < 4.78 is 7.10. The van der Waals surface area contributed by atoms with E-state index < -0.39 is 31.1 Å². The van der Waals surface area contributed by atoms with Gasteiger partial charge in [-0.3, -0.25) is 4.57 Å². The van der Waals surface area contributed by atoms with Crippen molar-refractivity contribution < 1.29 is 20.1 Å². The molecule has 10 heteroatoms. The number of anilines is 1. The number of fused-ring (bicyclic) bond motifs is 1. The van der Waals surface area contributed by atoms with Crippen molar-refractivity contribution in [2.45, 2.75) is 37.5 Å². The van der Waals surface area contributed by atoms with Gasteiger partial charge in [0.15, 0.2) is 23.2 Å². The lowest BCUT2D eigenvalue weighted by Crippen LogP contribution is -2.33. The Morgan fingerprint density at radius 2 is 1.93 bits per heavy atom. The number of aliphatic hydroxyl groups excluding tert-OH is 3. The molecule has 0 aliphatic carbocycles. The fourth-order valence-electron chi connectivity index (χ4n) is 3.29. The van der Waals surface area contributed by atoms with Gasteiger partial charge in [0.1, 0.15) is 24.6 Å². The average Bonchev–Trinajstić information content (AvgIpc) is 3.24. The highest BCUT2D eigenvalue weighted by Crippen LogP contribution is 2.32. The van der Waals surface area contributed by atoms with Crippen molar-refractivity contribution in [2.24, 2.45) is 0 Å². The van der Waals surface area contributed by atoms with Crippen molar-refractivity contribution in [1.82, 2.24) is 19.5 Å². The normalized spacial score (nSPS) is 25.9. The van der Waals surface area contributed by atoms with E-state index in [1.54, 1.807) is 0 Å². The van der Waals surface area contributed by atoms with E-state index >= 15 is 0 Å². The second-order valence-electron chi connectivity index (χ2n) is 6.69. The first-order chi connectivity index (χ1) is 13.5. The van der Waals surface area contributed by atoms with E-state index in [-0.39, 0.29) is 6.04 Å². The lowest BCUT2D eigenvalue weighted by Gasteiger charge is -2.17. The van der Waals surface area contributed by atoms with Gasteiger partial charge in [0.25, 0.3) is 0 Å². The number of hydrogen-bond donors (Lipinski definition) is 4. The minimum Gasteiger partial charge on any atom is -0.394 e. The number of aliphatic hydroxyl groups is 3. The number of imidazole rings is 1. The molecular weight excluding hydrogens is 386 g/mol. The third-order valence-electron chi connectivity index (χ3n) is 4.87. The fraction of sp³-hybridized carbons (Fsp3) is 0.389. The van der Waals surface area contributed by atoms with Crippen LogP contribution in [0.3, 0.4) is 0 Å². The van der Waals surface area contributed by atoms with Crippen LogP contribution in [0.25, 0.3) is 11.2 Å². The SMILES string of the molecule is C[C@H](Nc1ncnc2c1ncn2[C@@H]1O[C@H](CO)[C@@H](O)[C@H]1O)c1ccc(Cl)cc1. The average molecular weight is 406 g/mol. The Morgan fingerprint density at radius 3 is 2.61 bits per heavy atom. The molecule has 1 saturated heterocycles. The molecule has 3 heterocycles. The summed E-state index contributed by atoms with van der Waals surface area (Å²) in [6, 6.07) is 7.43. The van der Waals surface area contributed by atoms with Crippen LogP contribution in [0, 0.1) is 0 Å². The van der Waals surface area contributed by atoms with Gasteiger partial charge in [-0.1, -0.05) is 23.7 Å². The summed E-state index contributed by atoms with van der Waals surface area (Å²) in [5, 5.41) is 33.5. The molecule has 0 radical (unpaired) electrons.